The van der Waals surface area contributed by atoms with E-state index in [4.69, 9.17) is 4.74 Å². The van der Waals surface area contributed by atoms with Gasteiger partial charge in [0.1, 0.15) is 5.75 Å². The number of methoxy groups -OCH3 is 1. The van der Waals surface area contributed by atoms with Crippen LogP contribution in [-0.4, -0.2) is 49.5 Å². The summed E-state index contributed by atoms with van der Waals surface area (Å²) in [7, 11) is 0.655. The number of halogens is 13. The van der Waals surface area contributed by atoms with E-state index in [1.807, 2.05) is 0 Å². The third kappa shape index (κ3) is 5.18. The van der Waals surface area contributed by atoms with Crippen molar-refractivity contribution in [2.24, 2.45) is 5.92 Å². The summed E-state index contributed by atoms with van der Waals surface area (Å²) >= 11 is 0. The number of rotatable bonds is 11. The lowest BCUT2D eigenvalue weighted by Gasteiger charge is -2.40. The minimum absolute atomic E-state index is 0.0309. The molecule has 2 nitrogen and oxygen atoms in total. The molecule has 0 saturated carbocycles. The van der Waals surface area contributed by atoms with Crippen molar-refractivity contribution in [3.63, 3.8) is 0 Å². The summed E-state index contributed by atoms with van der Waals surface area (Å²) in [6.45, 7) is 3.31. The van der Waals surface area contributed by atoms with Crippen molar-refractivity contribution in [2.75, 3.05) is 13.7 Å². The maximum absolute atomic E-state index is 14.3. The molecule has 0 aliphatic carbocycles. The zero-order valence-corrected chi connectivity index (χ0v) is 17.6. The highest BCUT2D eigenvalue weighted by Crippen LogP contribution is 2.61. The number of hydrogen-bond donors (Lipinski definition) is 0. The van der Waals surface area contributed by atoms with Gasteiger partial charge in [0.15, 0.2) is 0 Å². The Morgan fingerprint density at radius 1 is 0.706 bits per heavy atom. The fraction of sp³-hybridized carbons (Fsp3) is 0.684. The molecule has 0 aliphatic heterocycles. The van der Waals surface area contributed by atoms with Crippen molar-refractivity contribution < 1.29 is 66.5 Å². The lowest BCUT2D eigenvalue weighted by molar-refractivity contribution is -0.440. The molecule has 0 bridgehead atoms. The molecule has 15 heteroatoms. The molecule has 1 rings (SSSR count). The van der Waals surface area contributed by atoms with Crippen LogP contribution in [0.3, 0.4) is 0 Å². The van der Waals surface area contributed by atoms with Crippen molar-refractivity contribution >= 4 is 0 Å². The second kappa shape index (κ2) is 9.61. The first-order valence-electron chi connectivity index (χ1n) is 9.28. The lowest BCUT2D eigenvalue weighted by Crippen LogP contribution is -2.70. The first-order valence-corrected chi connectivity index (χ1v) is 9.28. The first-order chi connectivity index (χ1) is 15.1. The van der Waals surface area contributed by atoms with Crippen molar-refractivity contribution in [2.45, 2.75) is 62.2 Å². The first kappa shape index (κ1) is 30.1. The summed E-state index contributed by atoms with van der Waals surface area (Å²) in [6.07, 6.45) is -12.2. The Kier molecular flexibility index (Phi) is 8.51. The molecule has 0 saturated heterocycles. The van der Waals surface area contributed by atoms with Crippen LogP contribution in [0.4, 0.5) is 57.1 Å². The van der Waals surface area contributed by atoms with Gasteiger partial charge in [0.05, 0.1) is 12.7 Å². The molecule has 0 N–H and O–H groups in total. The normalized spacial score (nSPS) is 15.6. The van der Waals surface area contributed by atoms with Crippen LogP contribution in [0, 0.1) is 5.92 Å². The van der Waals surface area contributed by atoms with Gasteiger partial charge >= 0.3 is 35.8 Å². The highest BCUT2D eigenvalue weighted by molar-refractivity contribution is 5.35. The molecule has 0 fully saturated rings. The molecule has 34 heavy (non-hydrogen) atoms. The van der Waals surface area contributed by atoms with Crippen molar-refractivity contribution in [1.82, 2.24) is 0 Å². The number of ether oxygens (including phenoxy) is 2. The van der Waals surface area contributed by atoms with E-state index in [0.717, 1.165) is 12.1 Å². The smallest absolute Gasteiger partial charge is 0.460 e. The Morgan fingerprint density at radius 2 is 1.18 bits per heavy atom. The fourth-order valence-corrected chi connectivity index (χ4v) is 2.62. The molecule has 1 aromatic rings. The predicted octanol–water partition coefficient (Wildman–Crippen LogP) is 7.54. The van der Waals surface area contributed by atoms with E-state index >= 15 is 0 Å². The number of benzene rings is 1. The van der Waals surface area contributed by atoms with E-state index in [1.54, 1.807) is 13.8 Å². The van der Waals surface area contributed by atoms with Crippen LogP contribution in [-0.2, 0) is 4.74 Å². The monoisotopic (exact) mass is 526 g/mol. The van der Waals surface area contributed by atoms with Gasteiger partial charge in [-0.25, -0.2) is 0 Å². The molecular formula is C19H19F13O2. The molecule has 0 spiro atoms. The molecule has 0 amide bonds. The van der Waals surface area contributed by atoms with Crippen molar-refractivity contribution in [3.05, 3.63) is 29.8 Å². The number of alkyl halides is 13. The van der Waals surface area contributed by atoms with Gasteiger partial charge in [-0.1, -0.05) is 32.0 Å². The predicted molar refractivity (Wildman–Crippen MR) is 91.9 cm³/mol. The summed E-state index contributed by atoms with van der Waals surface area (Å²) in [4.78, 5) is 0. The van der Waals surface area contributed by atoms with E-state index in [9.17, 15) is 57.1 Å². The molecule has 0 aliphatic rings. The van der Waals surface area contributed by atoms with Crippen LogP contribution < -0.4 is 4.74 Å². The summed E-state index contributed by atoms with van der Waals surface area (Å²) in [5.41, 5.74) is -0.420. The second-order valence-electron chi connectivity index (χ2n) is 7.67. The molecule has 0 radical (unpaired) electrons. The van der Waals surface area contributed by atoms with Gasteiger partial charge in [-0.2, -0.15) is 57.1 Å². The van der Waals surface area contributed by atoms with Crippen molar-refractivity contribution in [3.8, 4) is 5.75 Å². The third-order valence-electron chi connectivity index (χ3n) is 4.56. The Bertz CT molecular complexity index is 819. The molecule has 0 aromatic heterocycles. The summed E-state index contributed by atoms with van der Waals surface area (Å²) in [5.74, 6) is -37.5. The van der Waals surface area contributed by atoms with Crippen LogP contribution in [0.1, 0.15) is 31.9 Å². The minimum atomic E-state index is -7.94. The summed E-state index contributed by atoms with van der Waals surface area (Å²) < 4.78 is 183. The van der Waals surface area contributed by atoms with E-state index in [2.05, 4.69) is 4.74 Å². The van der Waals surface area contributed by atoms with E-state index in [1.165, 1.54) is 12.1 Å². The van der Waals surface area contributed by atoms with Gasteiger partial charge in [0.2, 0.25) is 0 Å². The van der Waals surface area contributed by atoms with Gasteiger partial charge < -0.3 is 9.47 Å². The van der Waals surface area contributed by atoms with Gasteiger partial charge in [-0.3, -0.25) is 0 Å². The van der Waals surface area contributed by atoms with Gasteiger partial charge in [-0.15, -0.1) is 0 Å². The van der Waals surface area contributed by atoms with Crippen LogP contribution >= 0.6 is 0 Å². The largest absolute Gasteiger partial charge is 0.493 e. The highest BCUT2D eigenvalue weighted by Gasteiger charge is 2.90. The van der Waals surface area contributed by atoms with Crippen molar-refractivity contribution in [1.29, 1.82) is 0 Å². The van der Waals surface area contributed by atoms with Gasteiger partial charge in [-0.05, 0) is 12.0 Å². The van der Waals surface area contributed by atoms with Gasteiger partial charge in [0.25, 0.3) is 0 Å². The van der Waals surface area contributed by atoms with Crippen LogP contribution in [0.25, 0.3) is 0 Å². The number of para-hydroxylation sites is 1. The van der Waals surface area contributed by atoms with E-state index < -0.39 is 53.9 Å². The lowest BCUT2D eigenvalue weighted by atomic mass is 9.90. The maximum atomic E-state index is 14.3. The fourth-order valence-electron chi connectivity index (χ4n) is 2.62. The molecule has 0 heterocycles. The molecular weight excluding hydrogens is 507 g/mol. The maximum Gasteiger partial charge on any atom is 0.460 e. The molecule has 1 aromatic carbocycles. The van der Waals surface area contributed by atoms with E-state index in [0.29, 0.717) is 7.11 Å². The van der Waals surface area contributed by atoms with Crippen LogP contribution in [0.15, 0.2) is 24.3 Å². The molecule has 1 unspecified atom stereocenters. The Morgan fingerprint density at radius 3 is 1.62 bits per heavy atom. The summed E-state index contributed by atoms with van der Waals surface area (Å²) in [5, 5.41) is 0. The average Bonchev–Trinajstić information content (AvgIpc) is 2.69. The Labute approximate surface area is 185 Å². The van der Waals surface area contributed by atoms with Crippen LogP contribution in [0.5, 0.6) is 5.75 Å². The molecule has 198 valence electrons. The highest BCUT2D eigenvalue weighted by atomic mass is 19.4. The SMILES string of the molecule is COC(CC(F)(F)C(F)(F)C(F)(F)C(F)(F)C(F)(F)C(F)(F)F)c1ccccc1OCC(C)C. The quantitative estimate of drug-likeness (QED) is 0.278. The van der Waals surface area contributed by atoms with E-state index in [-0.39, 0.29) is 18.3 Å². The minimum Gasteiger partial charge on any atom is -0.493 e. The zero-order valence-electron chi connectivity index (χ0n) is 17.6. The zero-order chi connectivity index (χ0) is 27.0. The number of hydrogen-bond acceptors (Lipinski definition) is 2. The summed E-state index contributed by atoms with van der Waals surface area (Å²) in [6, 6.07) is 4.63. The van der Waals surface area contributed by atoms with Crippen LogP contribution in [0.2, 0.25) is 0 Å². The average molecular weight is 526 g/mol. The van der Waals surface area contributed by atoms with Gasteiger partial charge in [0, 0.05) is 19.1 Å². The topological polar surface area (TPSA) is 18.5 Å². The third-order valence-corrected chi connectivity index (χ3v) is 4.56. The Balaban J connectivity index is 3.42. The Hall–Kier alpha value is -1.93. The molecule has 1 atom stereocenters. The standard InChI is InChI=1S/C19H19F13O2/c1-10(2)9-34-12-7-5-4-6-11(12)13(33-3)8-14(20,21)15(22,23)16(24,25)17(26,27)18(28,29)19(30,31)32/h4-7,10,13H,8-9H2,1-3H3. The second-order valence-corrected chi connectivity index (χ2v) is 7.67.